The number of rotatable bonds is 2. The number of alkyl halides is 1. The molecule has 0 radical (unpaired) electrons. The summed E-state index contributed by atoms with van der Waals surface area (Å²) in [6, 6.07) is 10.5. The maximum Gasteiger partial charge on any atom is 0.123 e. The smallest absolute Gasteiger partial charge is 0.123 e. The minimum absolute atomic E-state index is 0.227. The molecular weight excluding hydrogens is 230 g/mol. The van der Waals surface area contributed by atoms with Crippen LogP contribution in [-0.4, -0.2) is 0 Å². The first kappa shape index (κ1) is 11.1. The van der Waals surface area contributed by atoms with Gasteiger partial charge in [-0.25, -0.2) is 8.78 Å². The molecule has 0 nitrogen and oxygen atoms in total. The van der Waals surface area contributed by atoms with E-state index in [1.54, 1.807) is 18.2 Å². The Morgan fingerprint density at radius 3 is 2.12 bits per heavy atom. The van der Waals surface area contributed by atoms with Gasteiger partial charge in [-0.15, -0.1) is 11.6 Å². The Bertz CT molecular complexity index is 492. The van der Waals surface area contributed by atoms with Gasteiger partial charge in [0.05, 0.1) is 0 Å². The summed E-state index contributed by atoms with van der Waals surface area (Å²) in [6.45, 7) is 0. The Kier molecular flexibility index (Phi) is 3.20. The number of benzene rings is 2. The van der Waals surface area contributed by atoms with E-state index in [-0.39, 0.29) is 17.5 Å². The van der Waals surface area contributed by atoms with E-state index in [2.05, 4.69) is 0 Å². The molecule has 0 atom stereocenters. The van der Waals surface area contributed by atoms with Gasteiger partial charge in [0.25, 0.3) is 0 Å². The van der Waals surface area contributed by atoms with E-state index < -0.39 is 0 Å². The van der Waals surface area contributed by atoms with Crippen molar-refractivity contribution in [3.8, 4) is 11.1 Å². The Labute approximate surface area is 97.5 Å². The van der Waals surface area contributed by atoms with Crippen LogP contribution in [0, 0.1) is 11.6 Å². The van der Waals surface area contributed by atoms with Crippen LogP contribution in [0.2, 0.25) is 0 Å². The third kappa shape index (κ3) is 2.22. The maximum absolute atomic E-state index is 13.0. The number of hydrogen-bond donors (Lipinski definition) is 0. The van der Waals surface area contributed by atoms with Gasteiger partial charge in [-0.1, -0.05) is 18.2 Å². The summed E-state index contributed by atoms with van der Waals surface area (Å²) in [5.74, 6) is -0.385. The van der Waals surface area contributed by atoms with E-state index >= 15 is 0 Å². The lowest BCUT2D eigenvalue weighted by atomic mass is 10.0. The summed E-state index contributed by atoms with van der Waals surface area (Å²) in [5.41, 5.74) is 2.36. The monoisotopic (exact) mass is 238 g/mol. The summed E-state index contributed by atoms with van der Waals surface area (Å²) < 4.78 is 25.8. The average molecular weight is 239 g/mol. The van der Waals surface area contributed by atoms with Gasteiger partial charge in [-0.3, -0.25) is 0 Å². The summed E-state index contributed by atoms with van der Waals surface area (Å²) in [4.78, 5) is 0. The fraction of sp³-hybridized carbons (Fsp3) is 0.0769. The highest BCUT2D eigenvalue weighted by Gasteiger charge is 2.05. The van der Waals surface area contributed by atoms with Gasteiger partial charge in [0.15, 0.2) is 0 Å². The van der Waals surface area contributed by atoms with Crippen LogP contribution >= 0.6 is 11.6 Å². The normalized spacial score (nSPS) is 10.4. The van der Waals surface area contributed by atoms with Crippen LogP contribution in [0.1, 0.15) is 5.56 Å². The Balaban J connectivity index is 2.51. The summed E-state index contributed by atoms with van der Waals surface area (Å²) in [7, 11) is 0. The molecule has 0 heterocycles. The minimum atomic E-state index is -0.318. The summed E-state index contributed by atoms with van der Waals surface area (Å²) in [6.07, 6.45) is 0. The molecule has 0 aliphatic carbocycles. The second-order valence-electron chi connectivity index (χ2n) is 3.44. The van der Waals surface area contributed by atoms with E-state index in [4.69, 9.17) is 11.6 Å². The Morgan fingerprint density at radius 2 is 1.50 bits per heavy atom. The van der Waals surface area contributed by atoms with Gasteiger partial charge in [-0.2, -0.15) is 0 Å². The first-order valence-electron chi connectivity index (χ1n) is 4.81. The van der Waals surface area contributed by atoms with E-state index in [1.165, 1.54) is 24.3 Å². The van der Waals surface area contributed by atoms with Crippen molar-refractivity contribution in [1.29, 1.82) is 0 Å². The zero-order chi connectivity index (χ0) is 11.5. The van der Waals surface area contributed by atoms with Gasteiger partial charge < -0.3 is 0 Å². The highest BCUT2D eigenvalue weighted by atomic mass is 35.5. The van der Waals surface area contributed by atoms with E-state index in [9.17, 15) is 8.78 Å². The van der Waals surface area contributed by atoms with E-state index in [0.29, 0.717) is 5.56 Å². The molecule has 0 aliphatic rings. The second kappa shape index (κ2) is 4.62. The van der Waals surface area contributed by atoms with Gasteiger partial charge >= 0.3 is 0 Å². The Hall–Kier alpha value is -1.41. The zero-order valence-electron chi connectivity index (χ0n) is 8.38. The molecule has 0 unspecified atom stereocenters. The molecule has 2 aromatic carbocycles. The van der Waals surface area contributed by atoms with Crippen LogP contribution < -0.4 is 0 Å². The molecule has 0 saturated heterocycles. The first-order chi connectivity index (χ1) is 7.70. The molecule has 0 aromatic heterocycles. The fourth-order valence-corrected chi connectivity index (χ4v) is 1.81. The van der Waals surface area contributed by atoms with E-state index in [0.717, 1.165) is 11.1 Å². The molecule has 2 rings (SSSR count). The van der Waals surface area contributed by atoms with Crippen LogP contribution in [0.25, 0.3) is 11.1 Å². The quantitative estimate of drug-likeness (QED) is 0.682. The van der Waals surface area contributed by atoms with Crippen molar-refractivity contribution in [1.82, 2.24) is 0 Å². The number of halogens is 3. The summed E-state index contributed by atoms with van der Waals surface area (Å²) in [5, 5.41) is 0. The van der Waals surface area contributed by atoms with Crippen LogP contribution in [0.15, 0.2) is 42.5 Å². The lowest BCUT2D eigenvalue weighted by molar-refractivity contribution is 0.626. The van der Waals surface area contributed by atoms with Crippen molar-refractivity contribution >= 4 is 11.6 Å². The third-order valence-electron chi connectivity index (χ3n) is 2.37. The molecule has 16 heavy (non-hydrogen) atoms. The van der Waals surface area contributed by atoms with Crippen LogP contribution in [0.4, 0.5) is 8.78 Å². The van der Waals surface area contributed by atoms with E-state index in [1.807, 2.05) is 0 Å². The SMILES string of the molecule is Fc1ccc(-c2ccc(F)cc2CCl)cc1. The van der Waals surface area contributed by atoms with Crippen LogP contribution in [-0.2, 0) is 5.88 Å². The zero-order valence-corrected chi connectivity index (χ0v) is 9.14. The van der Waals surface area contributed by atoms with Crippen LogP contribution in [0.3, 0.4) is 0 Å². The van der Waals surface area contributed by atoms with Crippen molar-refractivity contribution in [2.45, 2.75) is 5.88 Å². The molecule has 0 N–H and O–H groups in total. The molecule has 0 amide bonds. The van der Waals surface area contributed by atoms with Crippen molar-refractivity contribution < 1.29 is 8.78 Å². The summed E-state index contributed by atoms with van der Waals surface area (Å²) >= 11 is 5.74. The Morgan fingerprint density at radius 1 is 0.875 bits per heavy atom. The molecule has 0 saturated carbocycles. The highest BCUT2D eigenvalue weighted by Crippen LogP contribution is 2.25. The lowest BCUT2D eigenvalue weighted by Gasteiger charge is -2.07. The topological polar surface area (TPSA) is 0 Å². The highest BCUT2D eigenvalue weighted by molar-refractivity contribution is 6.17. The standard InChI is InChI=1S/C13H9ClF2/c14-8-10-7-12(16)5-6-13(10)9-1-3-11(15)4-2-9/h1-7H,8H2. The molecule has 0 bridgehead atoms. The van der Waals surface area contributed by atoms with Gasteiger partial charge in [0.1, 0.15) is 11.6 Å². The van der Waals surface area contributed by atoms with Gasteiger partial charge in [-0.05, 0) is 41.0 Å². The van der Waals surface area contributed by atoms with Crippen molar-refractivity contribution in [2.24, 2.45) is 0 Å². The van der Waals surface area contributed by atoms with Crippen LogP contribution in [0.5, 0.6) is 0 Å². The first-order valence-corrected chi connectivity index (χ1v) is 5.34. The maximum atomic E-state index is 13.0. The molecule has 0 aliphatic heterocycles. The predicted molar refractivity (Wildman–Crippen MR) is 61.4 cm³/mol. The minimum Gasteiger partial charge on any atom is -0.207 e. The van der Waals surface area contributed by atoms with Crippen molar-refractivity contribution in [3.05, 3.63) is 59.7 Å². The molecular formula is C13H9ClF2. The molecule has 3 heteroatoms. The lowest BCUT2D eigenvalue weighted by Crippen LogP contribution is -1.88. The predicted octanol–water partition coefficient (Wildman–Crippen LogP) is 4.37. The van der Waals surface area contributed by atoms with Crippen molar-refractivity contribution in [2.75, 3.05) is 0 Å². The third-order valence-corrected chi connectivity index (χ3v) is 2.65. The molecule has 0 spiro atoms. The van der Waals surface area contributed by atoms with Gasteiger partial charge in [0.2, 0.25) is 0 Å². The van der Waals surface area contributed by atoms with Crippen molar-refractivity contribution in [3.63, 3.8) is 0 Å². The largest absolute Gasteiger partial charge is 0.207 e. The number of hydrogen-bond acceptors (Lipinski definition) is 0. The fourth-order valence-electron chi connectivity index (χ4n) is 1.58. The molecule has 82 valence electrons. The second-order valence-corrected chi connectivity index (χ2v) is 3.71. The average Bonchev–Trinajstić information content (AvgIpc) is 2.30. The molecule has 2 aromatic rings. The molecule has 0 fully saturated rings. The van der Waals surface area contributed by atoms with Gasteiger partial charge in [0, 0.05) is 5.88 Å².